The second kappa shape index (κ2) is 9.86. The summed E-state index contributed by atoms with van der Waals surface area (Å²) in [5.41, 5.74) is 1.11. The predicted molar refractivity (Wildman–Crippen MR) is 99.8 cm³/mol. The number of nitrogens with zero attached hydrogens (tertiary/aromatic N) is 3. The van der Waals surface area contributed by atoms with Crippen LogP contribution in [-0.4, -0.2) is 63.5 Å². The smallest absolute Gasteiger partial charge is 0.475 e. The number of carboxylic acid groups (broad SMARTS) is 1. The van der Waals surface area contributed by atoms with Crippen molar-refractivity contribution in [2.75, 3.05) is 13.2 Å². The summed E-state index contributed by atoms with van der Waals surface area (Å²) < 4.78 is 43.8. The van der Waals surface area contributed by atoms with Gasteiger partial charge in [0.2, 0.25) is 5.88 Å². The molecule has 3 atom stereocenters. The van der Waals surface area contributed by atoms with E-state index in [0.717, 1.165) is 38.2 Å². The minimum Gasteiger partial charge on any atom is -0.475 e. The first kappa shape index (κ1) is 22.0. The fraction of sp³-hybridized carbons (Fsp3) is 0.450. The highest BCUT2D eigenvalue weighted by Crippen LogP contribution is 2.33. The first-order valence-corrected chi connectivity index (χ1v) is 9.48. The van der Waals surface area contributed by atoms with E-state index < -0.39 is 12.1 Å². The number of hydrogen-bond donors (Lipinski definition) is 1. The highest BCUT2D eigenvalue weighted by atomic mass is 19.4. The van der Waals surface area contributed by atoms with Crippen LogP contribution in [0.15, 0.2) is 48.8 Å². The number of carbonyl (C=O) groups is 1. The molecule has 3 heterocycles. The number of rotatable bonds is 4. The third-order valence-corrected chi connectivity index (χ3v) is 4.89. The van der Waals surface area contributed by atoms with Gasteiger partial charge in [0.05, 0.1) is 12.3 Å². The summed E-state index contributed by atoms with van der Waals surface area (Å²) in [7, 11) is 0. The second-order valence-electron chi connectivity index (χ2n) is 6.90. The van der Waals surface area contributed by atoms with E-state index in [2.05, 4.69) is 20.9 Å². The van der Waals surface area contributed by atoms with Crippen LogP contribution in [-0.2, 0) is 16.1 Å². The van der Waals surface area contributed by atoms with Crippen molar-refractivity contribution >= 4 is 5.97 Å². The Bertz CT molecular complexity index is 808. The molecule has 0 unspecified atom stereocenters. The van der Waals surface area contributed by atoms with Crippen molar-refractivity contribution in [1.29, 1.82) is 0 Å². The lowest BCUT2D eigenvalue weighted by molar-refractivity contribution is -0.192. The highest BCUT2D eigenvalue weighted by Gasteiger charge is 2.44. The molecule has 0 radical (unpaired) electrons. The van der Waals surface area contributed by atoms with Gasteiger partial charge in [-0.3, -0.25) is 9.88 Å². The van der Waals surface area contributed by atoms with Gasteiger partial charge in [-0.1, -0.05) is 12.1 Å². The van der Waals surface area contributed by atoms with Crippen molar-refractivity contribution in [2.24, 2.45) is 0 Å². The fourth-order valence-corrected chi connectivity index (χ4v) is 3.59. The number of pyridine rings is 2. The van der Waals surface area contributed by atoms with E-state index in [-0.39, 0.29) is 12.2 Å². The van der Waals surface area contributed by atoms with E-state index in [4.69, 9.17) is 19.4 Å². The van der Waals surface area contributed by atoms with Gasteiger partial charge in [-0.15, -0.1) is 0 Å². The normalized spacial score (nSPS) is 23.8. The molecular weight excluding hydrogens is 403 g/mol. The summed E-state index contributed by atoms with van der Waals surface area (Å²) in [5, 5.41) is 7.12. The van der Waals surface area contributed by atoms with Crippen LogP contribution in [0.1, 0.15) is 18.5 Å². The lowest BCUT2D eigenvalue weighted by Gasteiger charge is -2.38. The van der Waals surface area contributed by atoms with Crippen molar-refractivity contribution in [3.05, 3.63) is 54.5 Å². The number of carboxylic acids is 1. The van der Waals surface area contributed by atoms with E-state index in [0.29, 0.717) is 11.9 Å². The maximum atomic E-state index is 10.6. The largest absolute Gasteiger partial charge is 0.490 e. The van der Waals surface area contributed by atoms with E-state index >= 15 is 0 Å². The molecule has 7 nitrogen and oxygen atoms in total. The van der Waals surface area contributed by atoms with Gasteiger partial charge < -0.3 is 14.6 Å². The van der Waals surface area contributed by atoms with Gasteiger partial charge in [0, 0.05) is 37.6 Å². The van der Waals surface area contributed by atoms with Gasteiger partial charge in [0.1, 0.15) is 12.2 Å². The number of hydrogen-bond acceptors (Lipinski definition) is 6. The number of aliphatic carboxylic acids is 1. The lowest BCUT2D eigenvalue weighted by atomic mass is 10.1. The zero-order chi connectivity index (χ0) is 21.6. The summed E-state index contributed by atoms with van der Waals surface area (Å²) in [6.45, 7) is 2.58. The molecular formula is C20H22F3N3O4. The fourth-order valence-electron chi connectivity index (χ4n) is 3.59. The van der Waals surface area contributed by atoms with E-state index in [9.17, 15) is 13.2 Å². The molecule has 162 valence electrons. The average molecular weight is 425 g/mol. The number of alkyl halides is 3. The minimum absolute atomic E-state index is 0.0847. The van der Waals surface area contributed by atoms with Crippen LogP contribution in [0, 0.1) is 0 Å². The Morgan fingerprint density at radius 3 is 2.47 bits per heavy atom. The van der Waals surface area contributed by atoms with Crippen LogP contribution in [0.2, 0.25) is 0 Å². The molecule has 30 heavy (non-hydrogen) atoms. The van der Waals surface area contributed by atoms with Gasteiger partial charge in [-0.2, -0.15) is 13.2 Å². The average Bonchev–Trinajstić information content (AvgIpc) is 3.13. The molecule has 1 N–H and O–H groups in total. The number of halogens is 3. The van der Waals surface area contributed by atoms with Gasteiger partial charge in [0.25, 0.3) is 0 Å². The Balaban J connectivity index is 0.000000318. The Morgan fingerprint density at radius 2 is 1.87 bits per heavy atom. The van der Waals surface area contributed by atoms with E-state index in [1.165, 1.54) is 0 Å². The molecule has 10 heteroatoms. The minimum atomic E-state index is -5.08. The number of aromatic nitrogens is 2. The quantitative estimate of drug-likeness (QED) is 0.806. The van der Waals surface area contributed by atoms with Crippen LogP contribution in [0.5, 0.6) is 5.88 Å². The van der Waals surface area contributed by atoms with Gasteiger partial charge in [0.15, 0.2) is 0 Å². The first-order valence-electron chi connectivity index (χ1n) is 9.48. The zero-order valence-electron chi connectivity index (χ0n) is 16.0. The Labute approximate surface area is 171 Å². The number of ether oxygens (including phenoxy) is 2. The van der Waals surface area contributed by atoms with Crippen molar-refractivity contribution in [1.82, 2.24) is 14.9 Å². The Kier molecular flexibility index (Phi) is 7.22. The van der Waals surface area contributed by atoms with Crippen molar-refractivity contribution in [3.8, 4) is 5.88 Å². The van der Waals surface area contributed by atoms with E-state index in [1.807, 2.05) is 36.5 Å². The molecule has 4 rings (SSSR count). The topological polar surface area (TPSA) is 84.8 Å². The Morgan fingerprint density at radius 1 is 1.17 bits per heavy atom. The van der Waals surface area contributed by atoms with E-state index in [1.54, 1.807) is 6.20 Å². The van der Waals surface area contributed by atoms with Gasteiger partial charge >= 0.3 is 12.1 Å². The maximum Gasteiger partial charge on any atom is 0.490 e. The number of fused-ring (bicyclic) bond motifs is 1. The highest BCUT2D eigenvalue weighted by molar-refractivity contribution is 5.73. The molecule has 0 aromatic carbocycles. The molecule has 2 fully saturated rings. The summed E-state index contributed by atoms with van der Waals surface area (Å²) in [4.78, 5) is 20.1. The predicted octanol–water partition coefficient (Wildman–Crippen LogP) is 2.92. The van der Waals surface area contributed by atoms with Crippen LogP contribution < -0.4 is 4.74 Å². The maximum absolute atomic E-state index is 10.6. The molecule has 0 bridgehead atoms. The third-order valence-electron chi connectivity index (χ3n) is 4.89. The van der Waals surface area contributed by atoms with Crippen LogP contribution >= 0.6 is 0 Å². The van der Waals surface area contributed by atoms with Crippen LogP contribution in [0.25, 0.3) is 0 Å². The molecule has 1 aliphatic carbocycles. The lowest BCUT2D eigenvalue weighted by Crippen LogP contribution is -2.51. The van der Waals surface area contributed by atoms with Crippen LogP contribution in [0.4, 0.5) is 13.2 Å². The second-order valence-corrected chi connectivity index (χ2v) is 6.90. The summed E-state index contributed by atoms with van der Waals surface area (Å²) in [6, 6.07) is 12.2. The molecule has 1 aliphatic heterocycles. The van der Waals surface area contributed by atoms with Crippen molar-refractivity contribution in [3.63, 3.8) is 0 Å². The molecule has 2 aromatic rings. The monoisotopic (exact) mass is 425 g/mol. The molecule has 1 saturated carbocycles. The van der Waals surface area contributed by atoms with Gasteiger partial charge in [-0.05, 0) is 31.0 Å². The third kappa shape index (κ3) is 5.90. The van der Waals surface area contributed by atoms with Crippen LogP contribution in [0.3, 0.4) is 0 Å². The summed E-state index contributed by atoms with van der Waals surface area (Å²) >= 11 is 0. The summed E-state index contributed by atoms with van der Waals surface area (Å²) in [5.74, 6) is -2.07. The molecule has 0 amide bonds. The molecule has 2 aromatic heterocycles. The molecule has 1 saturated heterocycles. The number of morpholine rings is 1. The standard InChI is InChI=1S/C18H21N3O2.C2HF3O2/c1-3-9-19-14(5-1)13-21-11-12-22-18-15(21)7-8-16(18)23-17-6-2-4-10-20-17;3-2(4,5)1(6)7/h1-6,9-10,15-16,18H,7-8,11-13H2;(H,6,7)/t15-,16-,18+;/m0./s1. The zero-order valence-corrected chi connectivity index (χ0v) is 16.0. The van der Waals surface area contributed by atoms with Gasteiger partial charge in [-0.25, -0.2) is 9.78 Å². The molecule has 0 spiro atoms. The SMILES string of the molecule is O=C(O)C(F)(F)F.c1ccc(CN2CCO[C@H]3[C@@H](Oc4ccccn4)CC[C@@H]32)nc1. The van der Waals surface area contributed by atoms with Crippen molar-refractivity contribution < 1.29 is 32.5 Å². The first-order chi connectivity index (χ1) is 14.3. The summed E-state index contributed by atoms with van der Waals surface area (Å²) in [6.07, 6.45) is 0.835. The molecule has 2 aliphatic rings. The van der Waals surface area contributed by atoms with Crippen molar-refractivity contribution in [2.45, 2.75) is 43.8 Å². The Hall–Kier alpha value is -2.72.